The highest BCUT2D eigenvalue weighted by molar-refractivity contribution is 6.01. The summed E-state index contributed by atoms with van der Waals surface area (Å²) in [6.07, 6.45) is 2.38. The van der Waals surface area contributed by atoms with Crippen molar-refractivity contribution in [2.45, 2.75) is 19.0 Å². The zero-order valence-electron chi connectivity index (χ0n) is 12.4. The van der Waals surface area contributed by atoms with Crippen LogP contribution in [0.25, 0.3) is 0 Å². The molecule has 1 amide bonds. The average molecular weight is 293 g/mol. The van der Waals surface area contributed by atoms with Crippen molar-refractivity contribution in [3.8, 4) is 0 Å². The van der Waals surface area contributed by atoms with E-state index in [0.29, 0.717) is 5.56 Å². The normalized spacial score (nSPS) is 20.3. The second-order valence-electron chi connectivity index (χ2n) is 5.88. The first-order valence-corrected chi connectivity index (χ1v) is 7.82. The molecule has 0 aromatic heterocycles. The molecule has 2 heterocycles. The van der Waals surface area contributed by atoms with Gasteiger partial charge in [0.15, 0.2) is 0 Å². The molecule has 22 heavy (non-hydrogen) atoms. The molecule has 1 atom stereocenters. The van der Waals surface area contributed by atoms with Gasteiger partial charge in [0.2, 0.25) is 0 Å². The van der Waals surface area contributed by atoms with Crippen molar-refractivity contribution in [2.24, 2.45) is 0 Å². The van der Waals surface area contributed by atoms with Crippen LogP contribution in [0.1, 0.15) is 34.9 Å². The first-order chi connectivity index (χ1) is 10.8. The topological polar surface area (TPSA) is 44.4 Å². The average Bonchev–Trinajstić information content (AvgIpc) is 3.09. The van der Waals surface area contributed by atoms with Crippen molar-refractivity contribution in [1.82, 2.24) is 5.32 Å². The van der Waals surface area contributed by atoms with Crippen molar-refractivity contribution < 1.29 is 4.79 Å². The third-order valence-electron chi connectivity index (χ3n) is 4.44. The number of nitrogens with one attached hydrogen (secondary N) is 2. The van der Waals surface area contributed by atoms with E-state index < -0.39 is 0 Å². The molecule has 2 aromatic carbocycles. The lowest BCUT2D eigenvalue weighted by Gasteiger charge is -2.28. The minimum absolute atomic E-state index is 0.0250. The molecule has 1 saturated heterocycles. The summed E-state index contributed by atoms with van der Waals surface area (Å²) in [5, 5.41) is 6.40. The molecular weight excluding hydrogens is 274 g/mol. The Hall–Kier alpha value is -2.49. The summed E-state index contributed by atoms with van der Waals surface area (Å²) < 4.78 is 0. The summed E-state index contributed by atoms with van der Waals surface area (Å²) in [6.45, 7) is 2.29. The van der Waals surface area contributed by atoms with Gasteiger partial charge >= 0.3 is 0 Å². The molecule has 2 aliphatic rings. The van der Waals surface area contributed by atoms with Crippen LogP contribution in [0.15, 0.2) is 48.5 Å². The highest BCUT2D eigenvalue weighted by atomic mass is 16.2. The van der Waals surface area contributed by atoms with Crippen molar-refractivity contribution >= 4 is 17.3 Å². The molecule has 4 rings (SSSR count). The van der Waals surface area contributed by atoms with Gasteiger partial charge in [-0.25, -0.2) is 0 Å². The minimum Gasteiger partial charge on any atom is -0.372 e. The molecule has 0 saturated carbocycles. The number of hydrogen-bond acceptors (Lipinski definition) is 3. The Morgan fingerprint density at radius 3 is 2.41 bits per heavy atom. The van der Waals surface area contributed by atoms with Crippen LogP contribution in [0.2, 0.25) is 0 Å². The maximum atomic E-state index is 12.2. The molecule has 112 valence electrons. The number of fused-ring (bicyclic) bond motifs is 1. The summed E-state index contributed by atoms with van der Waals surface area (Å²) in [6, 6.07) is 16.1. The van der Waals surface area contributed by atoms with Gasteiger partial charge in [0.05, 0.1) is 5.56 Å². The first-order valence-electron chi connectivity index (χ1n) is 7.82. The number of amides is 1. The van der Waals surface area contributed by atoms with E-state index in [4.69, 9.17) is 0 Å². The lowest BCUT2D eigenvalue weighted by atomic mass is 10.1. The van der Waals surface area contributed by atoms with E-state index in [1.807, 2.05) is 24.3 Å². The summed E-state index contributed by atoms with van der Waals surface area (Å²) in [5.74, 6) is -0.0250. The molecule has 2 aliphatic heterocycles. The number of carbonyl (C=O) groups excluding carboxylic acids is 1. The van der Waals surface area contributed by atoms with Crippen LogP contribution in [0.3, 0.4) is 0 Å². The van der Waals surface area contributed by atoms with E-state index in [0.717, 1.165) is 24.3 Å². The lowest BCUT2D eigenvalue weighted by Crippen LogP contribution is -2.38. The van der Waals surface area contributed by atoms with E-state index in [1.54, 1.807) is 0 Å². The zero-order chi connectivity index (χ0) is 14.9. The number of nitrogens with zero attached hydrogens (tertiary/aromatic N) is 1. The maximum Gasteiger partial charge on any atom is 0.255 e. The van der Waals surface area contributed by atoms with Gasteiger partial charge < -0.3 is 15.5 Å². The van der Waals surface area contributed by atoms with Crippen molar-refractivity contribution in [2.75, 3.05) is 23.3 Å². The number of benzene rings is 2. The Labute approximate surface area is 130 Å². The number of carbonyl (C=O) groups is 1. The van der Waals surface area contributed by atoms with Gasteiger partial charge in [0.1, 0.15) is 6.17 Å². The van der Waals surface area contributed by atoms with E-state index in [9.17, 15) is 4.79 Å². The van der Waals surface area contributed by atoms with Crippen molar-refractivity contribution in [1.29, 1.82) is 0 Å². The lowest BCUT2D eigenvalue weighted by molar-refractivity contribution is 0.0935. The van der Waals surface area contributed by atoms with Gasteiger partial charge in [-0.15, -0.1) is 0 Å². The van der Waals surface area contributed by atoms with E-state index in [-0.39, 0.29) is 12.1 Å². The van der Waals surface area contributed by atoms with Crippen molar-refractivity contribution in [3.05, 3.63) is 59.7 Å². The van der Waals surface area contributed by atoms with E-state index in [2.05, 4.69) is 39.8 Å². The Morgan fingerprint density at radius 1 is 0.909 bits per heavy atom. The second kappa shape index (κ2) is 5.37. The largest absolute Gasteiger partial charge is 0.372 e. The number of para-hydroxylation sites is 1. The monoisotopic (exact) mass is 293 g/mol. The molecule has 2 N–H and O–H groups in total. The number of anilines is 2. The molecule has 4 heteroatoms. The summed E-state index contributed by atoms with van der Waals surface area (Å²) in [5.41, 5.74) is 3.93. The summed E-state index contributed by atoms with van der Waals surface area (Å²) in [7, 11) is 0. The molecule has 4 nitrogen and oxygen atoms in total. The van der Waals surface area contributed by atoms with Crippen LogP contribution in [0.4, 0.5) is 11.4 Å². The van der Waals surface area contributed by atoms with Crippen LogP contribution in [0, 0.1) is 0 Å². The summed E-state index contributed by atoms with van der Waals surface area (Å²) in [4.78, 5) is 14.6. The predicted octanol–water partition coefficient (Wildman–Crippen LogP) is 3.14. The maximum absolute atomic E-state index is 12.2. The SMILES string of the molecule is O=C1N[C@@H](c2ccc(N3CCCC3)cc2)Nc2ccccc21. The molecule has 0 spiro atoms. The predicted molar refractivity (Wildman–Crippen MR) is 88.2 cm³/mol. The fourth-order valence-electron chi connectivity index (χ4n) is 3.23. The number of rotatable bonds is 2. The van der Waals surface area contributed by atoms with Gasteiger partial charge in [-0.3, -0.25) is 4.79 Å². The Kier molecular flexibility index (Phi) is 3.22. The Balaban J connectivity index is 1.56. The van der Waals surface area contributed by atoms with Gasteiger partial charge in [-0.2, -0.15) is 0 Å². The fraction of sp³-hybridized carbons (Fsp3) is 0.278. The van der Waals surface area contributed by atoms with Crippen LogP contribution >= 0.6 is 0 Å². The minimum atomic E-state index is -0.171. The van der Waals surface area contributed by atoms with Crippen LogP contribution < -0.4 is 15.5 Å². The van der Waals surface area contributed by atoms with Crippen molar-refractivity contribution in [3.63, 3.8) is 0 Å². The number of hydrogen-bond donors (Lipinski definition) is 2. The first kappa shape index (κ1) is 13.2. The van der Waals surface area contributed by atoms with E-state index in [1.165, 1.54) is 18.5 Å². The van der Waals surface area contributed by atoms with Gasteiger partial charge in [0, 0.05) is 24.5 Å². The van der Waals surface area contributed by atoms with Gasteiger partial charge in [-0.05, 0) is 42.7 Å². The smallest absolute Gasteiger partial charge is 0.255 e. The van der Waals surface area contributed by atoms with Crippen LogP contribution in [0.5, 0.6) is 0 Å². The molecule has 0 radical (unpaired) electrons. The highest BCUT2D eigenvalue weighted by Crippen LogP contribution is 2.28. The van der Waals surface area contributed by atoms with Crippen LogP contribution in [-0.2, 0) is 0 Å². The Bertz CT molecular complexity index is 690. The second-order valence-corrected chi connectivity index (χ2v) is 5.88. The molecule has 2 aromatic rings. The van der Waals surface area contributed by atoms with Gasteiger partial charge in [-0.1, -0.05) is 24.3 Å². The molecule has 1 fully saturated rings. The quantitative estimate of drug-likeness (QED) is 0.894. The zero-order valence-corrected chi connectivity index (χ0v) is 12.4. The standard InChI is InChI=1S/C18H19N3O/c22-18-15-5-1-2-6-16(15)19-17(20-18)13-7-9-14(10-8-13)21-11-3-4-12-21/h1-2,5-10,17,19H,3-4,11-12H2,(H,20,22)/t17-/m0/s1. The van der Waals surface area contributed by atoms with Gasteiger partial charge in [0.25, 0.3) is 5.91 Å². The summed E-state index contributed by atoms with van der Waals surface area (Å²) >= 11 is 0. The highest BCUT2D eigenvalue weighted by Gasteiger charge is 2.24. The molecule has 0 bridgehead atoms. The van der Waals surface area contributed by atoms with Crippen LogP contribution in [-0.4, -0.2) is 19.0 Å². The van der Waals surface area contributed by atoms with E-state index >= 15 is 0 Å². The Morgan fingerprint density at radius 2 is 1.64 bits per heavy atom. The third-order valence-corrected chi connectivity index (χ3v) is 4.44. The third kappa shape index (κ3) is 2.30. The fourth-order valence-corrected chi connectivity index (χ4v) is 3.23. The molecule has 0 unspecified atom stereocenters. The molecular formula is C18H19N3O. The molecule has 0 aliphatic carbocycles.